The highest BCUT2D eigenvalue weighted by Gasteiger charge is 2.21. The number of nitrogens with zero attached hydrogens (tertiary/aromatic N) is 1. The van der Waals surface area contributed by atoms with E-state index in [1.807, 2.05) is 42.5 Å². The number of hydrogen-bond acceptors (Lipinski definition) is 3. The lowest BCUT2D eigenvalue weighted by atomic mass is 9.96. The summed E-state index contributed by atoms with van der Waals surface area (Å²) in [5.41, 5.74) is 3.18. The molecule has 19 heavy (non-hydrogen) atoms. The van der Waals surface area contributed by atoms with Gasteiger partial charge in [-0.1, -0.05) is 30.3 Å². The van der Waals surface area contributed by atoms with Gasteiger partial charge in [0.1, 0.15) is 5.75 Å². The monoisotopic (exact) mass is 251 g/mol. The van der Waals surface area contributed by atoms with Crippen LogP contribution in [0.15, 0.2) is 53.5 Å². The third-order valence-electron chi connectivity index (χ3n) is 3.19. The Morgan fingerprint density at radius 1 is 1.11 bits per heavy atom. The second-order valence-corrected chi connectivity index (χ2v) is 4.41. The van der Waals surface area contributed by atoms with E-state index in [2.05, 4.69) is 4.99 Å². The summed E-state index contributed by atoms with van der Waals surface area (Å²) in [6, 6.07) is 15.2. The van der Waals surface area contributed by atoms with Gasteiger partial charge in [0.15, 0.2) is 5.78 Å². The predicted octanol–water partition coefficient (Wildman–Crippen LogP) is 3.40. The van der Waals surface area contributed by atoms with Crippen LogP contribution in [0.2, 0.25) is 0 Å². The van der Waals surface area contributed by atoms with E-state index in [-0.39, 0.29) is 5.78 Å². The van der Waals surface area contributed by atoms with Crippen molar-refractivity contribution < 1.29 is 9.53 Å². The van der Waals surface area contributed by atoms with Crippen molar-refractivity contribution in [1.29, 1.82) is 0 Å². The first kappa shape index (κ1) is 11.7. The van der Waals surface area contributed by atoms with Crippen LogP contribution in [0.4, 0.5) is 5.69 Å². The van der Waals surface area contributed by atoms with Crippen LogP contribution in [-0.2, 0) is 0 Å². The van der Waals surface area contributed by atoms with Gasteiger partial charge in [0.2, 0.25) is 0 Å². The van der Waals surface area contributed by atoms with Crippen molar-refractivity contribution in [3.8, 4) is 5.75 Å². The molecule has 0 amide bonds. The van der Waals surface area contributed by atoms with Crippen LogP contribution in [0.25, 0.3) is 0 Å². The normalized spacial score (nSPS) is 13.7. The van der Waals surface area contributed by atoms with Gasteiger partial charge in [-0.15, -0.1) is 0 Å². The molecule has 0 saturated carbocycles. The lowest BCUT2D eigenvalue weighted by Gasteiger charge is -2.15. The van der Waals surface area contributed by atoms with Crippen LogP contribution < -0.4 is 4.74 Å². The number of benzene rings is 2. The number of Topliss-reactive ketones (excluding diaryl/α,β-unsaturated/α-hetero) is 1. The first-order valence-corrected chi connectivity index (χ1v) is 6.12. The van der Waals surface area contributed by atoms with Crippen molar-refractivity contribution in [1.82, 2.24) is 0 Å². The molecule has 3 nitrogen and oxygen atoms in total. The molecular formula is C16H13NO2. The van der Waals surface area contributed by atoms with Gasteiger partial charge >= 0.3 is 0 Å². The Morgan fingerprint density at radius 2 is 1.89 bits per heavy atom. The molecule has 0 bridgehead atoms. The summed E-state index contributed by atoms with van der Waals surface area (Å²) in [5, 5.41) is 0. The highest BCUT2D eigenvalue weighted by Crippen LogP contribution is 2.30. The summed E-state index contributed by atoms with van der Waals surface area (Å²) >= 11 is 0. The number of rotatable bonds is 2. The van der Waals surface area contributed by atoms with Crippen molar-refractivity contribution in [2.24, 2.45) is 4.99 Å². The minimum absolute atomic E-state index is 0.0859. The molecule has 94 valence electrons. The van der Waals surface area contributed by atoms with Crippen molar-refractivity contribution in [2.75, 3.05) is 7.11 Å². The van der Waals surface area contributed by atoms with Gasteiger partial charge in [0.05, 0.1) is 24.9 Å². The number of hydrogen-bond donors (Lipinski definition) is 0. The van der Waals surface area contributed by atoms with E-state index < -0.39 is 0 Å². The summed E-state index contributed by atoms with van der Waals surface area (Å²) in [7, 11) is 1.59. The summed E-state index contributed by atoms with van der Waals surface area (Å²) < 4.78 is 5.14. The highest BCUT2D eigenvalue weighted by atomic mass is 16.5. The molecule has 0 spiro atoms. The zero-order chi connectivity index (χ0) is 13.2. The number of ether oxygens (including phenoxy) is 1. The molecule has 0 aromatic heterocycles. The average Bonchev–Trinajstić information content (AvgIpc) is 2.48. The Morgan fingerprint density at radius 3 is 2.63 bits per heavy atom. The fraction of sp³-hybridized carbons (Fsp3) is 0.125. The summed E-state index contributed by atoms with van der Waals surface area (Å²) in [5.74, 6) is 0.771. The minimum Gasteiger partial charge on any atom is -0.497 e. The molecule has 0 atom stereocenters. The fourth-order valence-corrected chi connectivity index (χ4v) is 2.19. The standard InChI is InChI=1S/C16H13NO2/c1-19-12-7-8-14-13(9-12)16(18)10-15(17-14)11-5-3-2-4-6-11/h2-9H,10H2,1H3. The minimum atomic E-state index is 0.0859. The number of carbonyl (C=O) groups excluding carboxylic acids is 1. The van der Waals surface area contributed by atoms with Gasteiger partial charge in [-0.3, -0.25) is 9.79 Å². The molecule has 0 radical (unpaired) electrons. The molecule has 1 heterocycles. The second kappa shape index (κ2) is 4.69. The Labute approximate surface area is 111 Å². The van der Waals surface area contributed by atoms with Crippen LogP contribution in [0.5, 0.6) is 5.75 Å². The van der Waals surface area contributed by atoms with E-state index >= 15 is 0 Å². The largest absolute Gasteiger partial charge is 0.497 e. The smallest absolute Gasteiger partial charge is 0.171 e. The molecule has 0 saturated heterocycles. The van der Waals surface area contributed by atoms with Gasteiger partial charge in [-0.05, 0) is 23.8 Å². The fourth-order valence-electron chi connectivity index (χ4n) is 2.19. The molecule has 1 aliphatic heterocycles. The zero-order valence-corrected chi connectivity index (χ0v) is 10.6. The predicted molar refractivity (Wildman–Crippen MR) is 74.6 cm³/mol. The van der Waals surface area contributed by atoms with Crippen LogP contribution >= 0.6 is 0 Å². The van der Waals surface area contributed by atoms with Crippen LogP contribution in [0.3, 0.4) is 0 Å². The molecule has 0 N–H and O–H groups in total. The number of methoxy groups -OCH3 is 1. The number of aliphatic imine (C=N–C) groups is 1. The van der Waals surface area contributed by atoms with E-state index in [9.17, 15) is 4.79 Å². The number of fused-ring (bicyclic) bond motifs is 1. The molecule has 2 aromatic rings. The van der Waals surface area contributed by atoms with E-state index in [1.54, 1.807) is 13.2 Å². The van der Waals surface area contributed by atoms with E-state index in [1.165, 1.54) is 0 Å². The zero-order valence-electron chi connectivity index (χ0n) is 10.6. The maximum Gasteiger partial charge on any atom is 0.171 e. The summed E-state index contributed by atoms with van der Waals surface area (Å²) in [6.45, 7) is 0. The Bertz CT molecular complexity index is 660. The first-order valence-electron chi connectivity index (χ1n) is 6.12. The molecule has 3 heteroatoms. The van der Waals surface area contributed by atoms with Crippen molar-refractivity contribution in [3.63, 3.8) is 0 Å². The Balaban J connectivity index is 2.08. The second-order valence-electron chi connectivity index (χ2n) is 4.41. The van der Waals surface area contributed by atoms with Crippen molar-refractivity contribution in [2.45, 2.75) is 6.42 Å². The van der Waals surface area contributed by atoms with E-state index in [0.29, 0.717) is 17.7 Å². The van der Waals surface area contributed by atoms with Gasteiger partial charge in [0, 0.05) is 5.56 Å². The maximum absolute atomic E-state index is 12.2. The van der Waals surface area contributed by atoms with Gasteiger partial charge in [-0.2, -0.15) is 0 Å². The topological polar surface area (TPSA) is 38.7 Å². The number of carbonyl (C=O) groups is 1. The van der Waals surface area contributed by atoms with Crippen LogP contribution in [0.1, 0.15) is 22.3 Å². The lowest BCUT2D eigenvalue weighted by molar-refractivity contribution is 0.0999. The molecule has 0 fully saturated rings. The summed E-state index contributed by atoms with van der Waals surface area (Å²) in [6.07, 6.45) is 0.337. The van der Waals surface area contributed by atoms with Crippen LogP contribution in [-0.4, -0.2) is 18.6 Å². The van der Waals surface area contributed by atoms with E-state index in [0.717, 1.165) is 17.0 Å². The SMILES string of the molecule is COc1ccc2c(c1)C(=O)CC(c1ccccc1)=N2. The van der Waals surface area contributed by atoms with Gasteiger partial charge in [0.25, 0.3) is 0 Å². The summed E-state index contributed by atoms with van der Waals surface area (Å²) in [4.78, 5) is 16.8. The molecule has 0 unspecified atom stereocenters. The molecule has 3 rings (SSSR count). The molecule has 2 aromatic carbocycles. The highest BCUT2D eigenvalue weighted by molar-refractivity contribution is 6.20. The third kappa shape index (κ3) is 2.15. The lowest BCUT2D eigenvalue weighted by Crippen LogP contribution is -2.14. The molecule has 1 aliphatic rings. The Hall–Kier alpha value is -2.42. The van der Waals surface area contributed by atoms with Gasteiger partial charge in [-0.25, -0.2) is 0 Å². The van der Waals surface area contributed by atoms with Gasteiger partial charge < -0.3 is 4.74 Å². The van der Waals surface area contributed by atoms with E-state index in [4.69, 9.17) is 4.74 Å². The van der Waals surface area contributed by atoms with Crippen molar-refractivity contribution in [3.05, 3.63) is 59.7 Å². The first-order chi connectivity index (χ1) is 9.28. The maximum atomic E-state index is 12.2. The van der Waals surface area contributed by atoms with Crippen LogP contribution in [0, 0.1) is 0 Å². The average molecular weight is 251 g/mol. The Kier molecular flexibility index (Phi) is 2.88. The molecule has 0 aliphatic carbocycles. The molecular weight excluding hydrogens is 238 g/mol. The van der Waals surface area contributed by atoms with Crippen molar-refractivity contribution >= 4 is 17.2 Å². The quantitative estimate of drug-likeness (QED) is 0.820. The number of ketones is 1. The third-order valence-corrected chi connectivity index (χ3v) is 3.19.